The number of nitrogens with one attached hydrogen (secondary N) is 2. The number of amides is 2. The van der Waals surface area contributed by atoms with E-state index in [2.05, 4.69) is 20.6 Å². The lowest BCUT2D eigenvalue weighted by molar-refractivity contribution is -0.114. The van der Waals surface area contributed by atoms with Gasteiger partial charge in [0.2, 0.25) is 5.91 Å². The maximum absolute atomic E-state index is 12.4. The molecular weight excluding hydrogens is 362 g/mol. The molecule has 7 nitrogen and oxygen atoms in total. The normalized spacial score (nSPS) is 10.5. The Kier molecular flexibility index (Phi) is 5.58. The molecule has 0 spiro atoms. The van der Waals surface area contributed by atoms with Gasteiger partial charge in [0.1, 0.15) is 0 Å². The Morgan fingerprint density at radius 1 is 1.11 bits per heavy atom. The van der Waals surface area contributed by atoms with Crippen molar-refractivity contribution >= 4 is 34.0 Å². The van der Waals surface area contributed by atoms with Crippen molar-refractivity contribution in [3.05, 3.63) is 59.5 Å². The highest BCUT2D eigenvalue weighted by molar-refractivity contribution is 7.19. The second kappa shape index (κ2) is 8.07. The molecule has 138 valence electrons. The van der Waals surface area contributed by atoms with E-state index in [-0.39, 0.29) is 18.4 Å². The van der Waals surface area contributed by atoms with E-state index >= 15 is 0 Å². The number of aromatic nitrogens is 2. The highest BCUT2D eigenvalue weighted by atomic mass is 32.1. The number of hydrogen-bond acceptors (Lipinski definition) is 6. The number of nitrogens with zero attached hydrogens (tertiary/aromatic N) is 2. The maximum Gasteiger partial charge on any atom is 0.255 e. The second-order valence-electron chi connectivity index (χ2n) is 5.86. The molecule has 0 fully saturated rings. The average molecular weight is 381 g/mol. The number of anilines is 2. The molecule has 0 unspecified atom stereocenters. The summed E-state index contributed by atoms with van der Waals surface area (Å²) < 4.78 is 0. The van der Waals surface area contributed by atoms with Crippen LogP contribution in [0.5, 0.6) is 0 Å². The van der Waals surface area contributed by atoms with Crippen LogP contribution in [-0.2, 0) is 4.79 Å². The number of thiazole rings is 1. The first kappa shape index (κ1) is 18.7. The molecule has 0 atom stereocenters. The van der Waals surface area contributed by atoms with Crippen molar-refractivity contribution in [3.8, 4) is 10.4 Å². The van der Waals surface area contributed by atoms with Crippen LogP contribution in [0.25, 0.3) is 10.4 Å². The summed E-state index contributed by atoms with van der Waals surface area (Å²) in [6.45, 7) is 3.58. The lowest BCUT2D eigenvalue weighted by Gasteiger charge is -2.09. The molecule has 0 aliphatic rings. The number of benzene rings is 1. The summed E-state index contributed by atoms with van der Waals surface area (Å²) in [5.41, 5.74) is 8.80. The number of aryl methyl sites for hydroxylation is 2. The lowest BCUT2D eigenvalue weighted by Crippen LogP contribution is -2.21. The van der Waals surface area contributed by atoms with E-state index in [1.54, 1.807) is 18.3 Å². The molecule has 1 aromatic carbocycles. The molecule has 3 rings (SSSR count). The number of carbonyl (C=O) groups excluding carboxylic acids is 2. The third-order valence-corrected chi connectivity index (χ3v) is 4.98. The van der Waals surface area contributed by atoms with Gasteiger partial charge in [0.15, 0.2) is 5.13 Å². The smallest absolute Gasteiger partial charge is 0.255 e. The molecular formula is C19H19N5O2S. The summed E-state index contributed by atoms with van der Waals surface area (Å²) >= 11 is 1.33. The van der Waals surface area contributed by atoms with E-state index in [0.717, 1.165) is 16.1 Å². The molecule has 0 aliphatic heterocycles. The maximum atomic E-state index is 12.4. The van der Waals surface area contributed by atoms with Gasteiger partial charge in [0.05, 0.1) is 28.5 Å². The van der Waals surface area contributed by atoms with Gasteiger partial charge in [-0.15, -0.1) is 0 Å². The fraction of sp³-hybridized carbons (Fsp3) is 0.158. The number of nitrogens with two attached hydrogens (primary N) is 1. The Hall–Kier alpha value is -3.10. The second-order valence-corrected chi connectivity index (χ2v) is 6.86. The Morgan fingerprint density at radius 2 is 1.85 bits per heavy atom. The summed E-state index contributed by atoms with van der Waals surface area (Å²) in [6.07, 6.45) is 1.72. The van der Waals surface area contributed by atoms with Crippen molar-refractivity contribution in [1.29, 1.82) is 0 Å². The van der Waals surface area contributed by atoms with Crippen LogP contribution in [0.3, 0.4) is 0 Å². The Bertz CT molecular complexity index is 985. The Morgan fingerprint density at radius 3 is 2.56 bits per heavy atom. The topological polar surface area (TPSA) is 110 Å². The standard InChI is InChI=1S/C19H19N5O2S/c1-11-15(23-18(26)13-6-4-3-5-7-13)8-14(10-21-11)17-12(2)22-19(27-17)24-16(25)9-20/h3-8,10H,9,20H2,1-2H3,(H,23,26)(H,22,24,25). The van der Waals surface area contributed by atoms with Gasteiger partial charge in [-0.25, -0.2) is 4.98 Å². The van der Waals surface area contributed by atoms with Gasteiger partial charge in [-0.05, 0) is 32.0 Å². The molecule has 0 bridgehead atoms. The van der Waals surface area contributed by atoms with E-state index < -0.39 is 0 Å². The van der Waals surface area contributed by atoms with Gasteiger partial charge in [-0.3, -0.25) is 14.6 Å². The minimum atomic E-state index is -0.298. The quantitative estimate of drug-likeness (QED) is 0.629. The van der Waals surface area contributed by atoms with Gasteiger partial charge in [-0.1, -0.05) is 29.5 Å². The molecule has 0 radical (unpaired) electrons. The van der Waals surface area contributed by atoms with Gasteiger partial charge in [0, 0.05) is 17.3 Å². The molecule has 0 saturated carbocycles. The third kappa shape index (κ3) is 4.36. The average Bonchev–Trinajstić information content (AvgIpc) is 3.04. The monoisotopic (exact) mass is 381 g/mol. The molecule has 8 heteroatoms. The largest absolute Gasteiger partial charge is 0.322 e. The zero-order valence-electron chi connectivity index (χ0n) is 14.9. The summed E-state index contributed by atoms with van der Waals surface area (Å²) in [5, 5.41) is 6.04. The number of carbonyl (C=O) groups is 2. The van der Waals surface area contributed by atoms with Crippen LogP contribution in [0, 0.1) is 13.8 Å². The van der Waals surface area contributed by atoms with Crippen LogP contribution in [0.4, 0.5) is 10.8 Å². The van der Waals surface area contributed by atoms with Crippen LogP contribution < -0.4 is 16.4 Å². The summed E-state index contributed by atoms with van der Waals surface area (Å²) in [4.78, 5) is 33.5. The molecule has 4 N–H and O–H groups in total. The van der Waals surface area contributed by atoms with Crippen LogP contribution in [0.15, 0.2) is 42.6 Å². The van der Waals surface area contributed by atoms with E-state index in [1.807, 2.05) is 38.1 Å². The fourth-order valence-electron chi connectivity index (χ4n) is 2.46. The lowest BCUT2D eigenvalue weighted by atomic mass is 10.1. The highest BCUT2D eigenvalue weighted by Gasteiger charge is 2.14. The minimum Gasteiger partial charge on any atom is -0.322 e. The van der Waals surface area contributed by atoms with Gasteiger partial charge in [-0.2, -0.15) is 0 Å². The zero-order valence-corrected chi connectivity index (χ0v) is 15.8. The molecule has 2 amide bonds. The van der Waals surface area contributed by atoms with Crippen molar-refractivity contribution in [3.63, 3.8) is 0 Å². The highest BCUT2D eigenvalue weighted by Crippen LogP contribution is 2.34. The predicted molar refractivity (Wildman–Crippen MR) is 107 cm³/mol. The SMILES string of the molecule is Cc1ncc(-c2sc(NC(=O)CN)nc2C)cc1NC(=O)c1ccccc1. The van der Waals surface area contributed by atoms with E-state index in [0.29, 0.717) is 22.1 Å². The Balaban J connectivity index is 1.87. The van der Waals surface area contributed by atoms with Crippen LogP contribution in [0.1, 0.15) is 21.7 Å². The Labute approximate surface area is 160 Å². The van der Waals surface area contributed by atoms with Crippen LogP contribution in [-0.4, -0.2) is 28.3 Å². The van der Waals surface area contributed by atoms with Crippen LogP contribution in [0.2, 0.25) is 0 Å². The number of pyridine rings is 1. The van der Waals surface area contributed by atoms with Crippen molar-refractivity contribution in [2.75, 3.05) is 17.2 Å². The van der Waals surface area contributed by atoms with Crippen molar-refractivity contribution < 1.29 is 9.59 Å². The summed E-state index contributed by atoms with van der Waals surface area (Å²) in [6, 6.07) is 10.8. The molecule has 2 heterocycles. The molecule has 3 aromatic rings. The minimum absolute atomic E-state index is 0.101. The molecule has 0 aliphatic carbocycles. The summed E-state index contributed by atoms with van der Waals surface area (Å²) in [5.74, 6) is -0.497. The van der Waals surface area contributed by atoms with Crippen molar-refractivity contribution in [1.82, 2.24) is 9.97 Å². The van der Waals surface area contributed by atoms with E-state index in [1.165, 1.54) is 11.3 Å². The van der Waals surface area contributed by atoms with Gasteiger partial charge < -0.3 is 16.4 Å². The molecule has 0 saturated heterocycles. The fourth-order valence-corrected chi connectivity index (χ4v) is 3.42. The van der Waals surface area contributed by atoms with E-state index in [4.69, 9.17) is 5.73 Å². The third-order valence-electron chi connectivity index (χ3n) is 3.86. The predicted octanol–water partition coefficient (Wildman–Crippen LogP) is 2.97. The van der Waals surface area contributed by atoms with Crippen molar-refractivity contribution in [2.24, 2.45) is 5.73 Å². The first-order valence-electron chi connectivity index (χ1n) is 8.28. The number of hydrogen-bond donors (Lipinski definition) is 3. The first-order chi connectivity index (χ1) is 13.0. The molecule has 27 heavy (non-hydrogen) atoms. The zero-order chi connectivity index (χ0) is 19.4. The van der Waals surface area contributed by atoms with Gasteiger partial charge >= 0.3 is 0 Å². The molecule has 2 aromatic heterocycles. The summed E-state index contributed by atoms with van der Waals surface area (Å²) in [7, 11) is 0. The van der Waals surface area contributed by atoms with Crippen LogP contribution >= 0.6 is 11.3 Å². The van der Waals surface area contributed by atoms with E-state index in [9.17, 15) is 9.59 Å². The van der Waals surface area contributed by atoms with Gasteiger partial charge in [0.25, 0.3) is 5.91 Å². The number of rotatable bonds is 5. The van der Waals surface area contributed by atoms with Crippen molar-refractivity contribution in [2.45, 2.75) is 13.8 Å². The first-order valence-corrected chi connectivity index (χ1v) is 9.10.